The van der Waals surface area contributed by atoms with Gasteiger partial charge in [0.15, 0.2) is 23.1 Å². The zero-order valence-electron chi connectivity index (χ0n) is 82.5. The minimum Gasteiger partial charge on any atom is -0.495 e. The average molecular weight is 1860 g/mol. The van der Waals surface area contributed by atoms with Crippen LogP contribution >= 0.6 is 11.6 Å². The molecule has 5 aromatic carbocycles. The Hall–Kier alpha value is -9.29. The van der Waals surface area contributed by atoms with Crippen LogP contribution in [0.5, 0.6) is 28.7 Å². The first-order valence-corrected chi connectivity index (χ1v) is 47.6. The molecular weight excluding hydrogens is 1720 g/mol. The number of amides is 6. The van der Waals surface area contributed by atoms with Gasteiger partial charge in [-0.2, -0.15) is 8.78 Å². The second-order valence-corrected chi connectivity index (χ2v) is 44.5. The number of carbonyl (C=O) groups is 6. The lowest BCUT2D eigenvalue weighted by molar-refractivity contribution is -0.153. The fourth-order valence-corrected chi connectivity index (χ4v) is 20.8. The van der Waals surface area contributed by atoms with Gasteiger partial charge in [-0.1, -0.05) is 30.8 Å². The number of carbonyl (C=O) groups excluding carboxylic acids is 6. The molecule has 29 heteroatoms. The number of hydrogen-bond acceptors (Lipinski definition) is 18. The van der Waals surface area contributed by atoms with Crippen LogP contribution in [0.15, 0.2) is 134 Å². The number of rotatable bonds is 14. The number of methoxy groups -OCH3 is 2. The van der Waals surface area contributed by atoms with Crippen molar-refractivity contribution in [1.82, 2.24) is 58.8 Å². The molecule has 16 aliphatic heterocycles. The van der Waals surface area contributed by atoms with Gasteiger partial charge in [-0.3, -0.25) is 58.2 Å². The number of aryl methyl sites for hydroxylation is 1. The summed E-state index contributed by atoms with van der Waals surface area (Å²) in [6.45, 7) is 61.7. The van der Waals surface area contributed by atoms with Gasteiger partial charge >= 0.3 is 6.61 Å². The maximum absolute atomic E-state index is 13.8. The number of nitrogens with zero attached hydrogens (tertiary/aromatic N) is 12. The molecule has 24 nitrogen and oxygen atoms in total. The molecule has 5 aromatic rings. The Kier molecular flexibility index (Phi) is 30.3. The molecule has 726 valence electrons. The number of likely N-dealkylation sites (tertiary alicyclic amines) is 6. The van der Waals surface area contributed by atoms with Crippen LogP contribution in [0.4, 0.5) is 17.6 Å². The molecular formula is C104H143ClF4N12O12. The second-order valence-electron chi connectivity index (χ2n) is 44.1. The fourth-order valence-electron chi connectivity index (χ4n) is 20.6. The molecule has 15 fully saturated rings. The standard InChI is InChI=1S/C19H30N2O2.C17H23ClN2O2.C17H22F2N2O2.C17H23FN2O2.C17H23FN2O.C17H22N2O3/c1-13(2)23-15(4)9-8-14(3)18(22)21-16-10-17(21)12-20(11-16)19(5,6)7;1-17(2,3)19-9-12-8-13(10-19)20(12)16(21)11-5-6-15(22-4)14(18)7-11;1-17(2,3)20-9-12-8-13(10-20)21(12)15(22)11-4-6-14(7-5-11)23-16(18)19;1-17(2,3)19-9-12-8-13(10-19)20(12)16(21)11-5-6-15(22-4)14(18)7-11;1-11-5-6-12(7-15(11)18)16(21)20-13-8-14(20)10-19(9-13)17(2,3)4;1-17(2,3)18-8-12-7-13(9-18)19(12)16(20)11-4-5-14-15(6-11)22-10-21-14/h8-9,13,16-17H,3-4,10-12H2,1-2,5-7H3;5-7,12-13H,8-10H2,1-4H3;4-7,12-13,16H,8-10H2,1-3H3;5-7,12-13H,8-10H2,1-4H3;5-7,13-14H,8-10H2,1-4H3;4-6,12-13H,7-10H2,1-3H3/b9-8-;;;;;. The normalized spacial score (nSPS) is 25.2. The summed E-state index contributed by atoms with van der Waals surface area (Å²) in [4.78, 5) is 103. The van der Waals surface area contributed by atoms with Gasteiger partial charge in [-0.15, -0.1) is 0 Å². The Bertz CT molecular complexity index is 4940. The van der Waals surface area contributed by atoms with Crippen LogP contribution in [0.1, 0.15) is 234 Å². The first-order valence-electron chi connectivity index (χ1n) is 47.2. The van der Waals surface area contributed by atoms with E-state index in [2.05, 4.69) is 177 Å². The molecule has 16 heterocycles. The summed E-state index contributed by atoms with van der Waals surface area (Å²) in [5.74, 6) is 2.10. The van der Waals surface area contributed by atoms with Crippen LogP contribution in [0.25, 0.3) is 0 Å². The number of allylic oxidation sites excluding steroid dienone is 1. The van der Waals surface area contributed by atoms with Crippen molar-refractivity contribution in [2.75, 3.05) is 99.5 Å². The second kappa shape index (κ2) is 39.8. The van der Waals surface area contributed by atoms with Crippen molar-refractivity contribution in [3.8, 4) is 28.7 Å². The lowest BCUT2D eigenvalue weighted by Gasteiger charge is -2.59. The Labute approximate surface area is 790 Å². The number of hydrogen-bond donors (Lipinski definition) is 0. The zero-order valence-corrected chi connectivity index (χ0v) is 83.2. The molecule has 0 saturated carbocycles. The van der Waals surface area contributed by atoms with Crippen molar-refractivity contribution in [1.29, 1.82) is 0 Å². The quantitative estimate of drug-likeness (QED) is 0.0440. The van der Waals surface area contributed by atoms with E-state index in [1.54, 1.807) is 80.8 Å². The molecule has 0 N–H and O–H groups in total. The number of piperazine rings is 6. The van der Waals surface area contributed by atoms with Gasteiger partial charge in [0.05, 0.1) is 25.3 Å². The molecule has 15 saturated heterocycles. The smallest absolute Gasteiger partial charge is 0.387 e. The third kappa shape index (κ3) is 22.9. The predicted molar refractivity (Wildman–Crippen MR) is 510 cm³/mol. The lowest BCUT2D eigenvalue weighted by atomic mass is 9.84. The fraction of sp³-hybridized carbons (Fsp3) is 0.596. The zero-order chi connectivity index (χ0) is 97.1. The highest BCUT2D eigenvalue weighted by molar-refractivity contribution is 6.32. The van der Waals surface area contributed by atoms with Crippen LogP contribution in [0.3, 0.4) is 0 Å². The summed E-state index contributed by atoms with van der Waals surface area (Å²) in [6.07, 6.45) is 10.0. The van der Waals surface area contributed by atoms with Crippen LogP contribution in [0, 0.1) is 18.6 Å². The van der Waals surface area contributed by atoms with Crippen molar-refractivity contribution in [3.63, 3.8) is 0 Å². The van der Waals surface area contributed by atoms with Gasteiger partial charge in [0.2, 0.25) is 6.79 Å². The predicted octanol–water partition coefficient (Wildman–Crippen LogP) is 16.6. The van der Waals surface area contributed by atoms with Gasteiger partial charge in [-0.05, 0) is 293 Å². The molecule has 12 unspecified atom stereocenters. The van der Waals surface area contributed by atoms with E-state index in [4.69, 9.17) is 35.3 Å². The Morgan fingerprint density at radius 3 is 1.00 bits per heavy atom. The summed E-state index contributed by atoms with van der Waals surface area (Å²) < 4.78 is 82.3. The summed E-state index contributed by atoms with van der Waals surface area (Å²) in [5, 5.41) is 0.482. The van der Waals surface area contributed by atoms with Crippen LogP contribution in [0.2, 0.25) is 5.02 Å². The van der Waals surface area contributed by atoms with Gasteiger partial charge in [0.1, 0.15) is 23.1 Å². The van der Waals surface area contributed by atoms with E-state index >= 15 is 0 Å². The first-order chi connectivity index (χ1) is 62.2. The molecule has 0 aliphatic carbocycles. The van der Waals surface area contributed by atoms with Crippen molar-refractivity contribution >= 4 is 47.0 Å². The Morgan fingerprint density at radius 1 is 0.391 bits per heavy atom. The third-order valence-electron chi connectivity index (χ3n) is 28.6. The number of benzene rings is 5. The number of piperidine rings is 6. The molecule has 16 aliphatic rings. The topological polar surface area (TPSA) is 197 Å². The first kappa shape index (κ1) is 101. The monoisotopic (exact) mass is 1860 g/mol. The summed E-state index contributed by atoms with van der Waals surface area (Å²) in [5.41, 5.74) is 4.68. The summed E-state index contributed by atoms with van der Waals surface area (Å²) in [6, 6.07) is 29.4. The Balaban J connectivity index is 0.000000136. The van der Waals surface area contributed by atoms with E-state index in [1.807, 2.05) is 50.5 Å². The number of fused-ring (bicyclic) bond motifs is 13. The minimum atomic E-state index is -2.85. The van der Waals surface area contributed by atoms with E-state index < -0.39 is 12.4 Å². The summed E-state index contributed by atoms with van der Waals surface area (Å²) in [7, 11) is 2.99. The molecule has 21 rings (SSSR count). The maximum Gasteiger partial charge on any atom is 0.387 e. The van der Waals surface area contributed by atoms with Crippen molar-refractivity contribution < 1.29 is 74.8 Å². The Morgan fingerprint density at radius 2 is 0.684 bits per heavy atom. The maximum atomic E-state index is 13.8. The molecule has 6 amide bonds. The van der Waals surface area contributed by atoms with Crippen LogP contribution < -0.4 is 23.7 Å². The molecule has 12 bridgehead atoms. The van der Waals surface area contributed by atoms with Crippen molar-refractivity contribution in [2.24, 2.45) is 0 Å². The number of ether oxygens (including phenoxy) is 6. The minimum absolute atomic E-state index is 0.0243. The van der Waals surface area contributed by atoms with Crippen LogP contribution in [-0.2, 0) is 9.53 Å². The van der Waals surface area contributed by atoms with E-state index in [9.17, 15) is 46.3 Å². The van der Waals surface area contributed by atoms with E-state index in [1.165, 1.54) is 37.4 Å². The van der Waals surface area contributed by atoms with Gasteiger partial charge in [0, 0.05) is 218 Å². The van der Waals surface area contributed by atoms with Gasteiger partial charge in [-0.25, -0.2) is 8.78 Å². The van der Waals surface area contributed by atoms with Crippen molar-refractivity contribution in [3.05, 3.63) is 184 Å². The average Bonchev–Trinajstić information content (AvgIpc) is 1.14. The number of alkyl halides is 2. The molecule has 0 aromatic heterocycles. The van der Waals surface area contributed by atoms with E-state index in [0.29, 0.717) is 97.5 Å². The van der Waals surface area contributed by atoms with Crippen molar-refractivity contribution in [2.45, 2.75) is 302 Å². The number of halogens is 5. The molecule has 133 heavy (non-hydrogen) atoms. The largest absolute Gasteiger partial charge is 0.495 e. The molecule has 12 atom stereocenters. The van der Waals surface area contributed by atoms with Crippen LogP contribution in [-0.4, -0.2) is 312 Å². The molecule has 0 spiro atoms. The highest BCUT2D eigenvalue weighted by Crippen LogP contribution is 2.45. The molecule has 0 radical (unpaired) electrons. The van der Waals surface area contributed by atoms with Gasteiger partial charge in [0.25, 0.3) is 35.4 Å². The lowest BCUT2D eigenvalue weighted by Crippen LogP contribution is -2.72. The summed E-state index contributed by atoms with van der Waals surface area (Å²) >= 11 is 6.14. The van der Waals surface area contributed by atoms with E-state index in [-0.39, 0.29) is 135 Å². The van der Waals surface area contributed by atoms with E-state index in [0.717, 1.165) is 123 Å². The highest BCUT2D eigenvalue weighted by Gasteiger charge is 2.56. The SMILES string of the molecule is C=C(/C=C\C(=C)C(=O)N1C2CC1CN(C(C)(C)C)C2)OC(C)C.CC(C)(C)N1CC2CC(C1)N2C(=O)c1ccc(OC(F)F)cc1.CC(C)(C)N1CC2CC(C1)N2C(=O)c1ccc2c(c1)OCO2.COc1ccc(C(=O)N2C3CC2CN(C(C)(C)C)C3)cc1Cl.COc1ccc(C(=O)N2C3CC2CN(C(C)(C)C)C3)cc1F.Cc1ccc(C(=O)N2C3CC2CN(C(C)(C)C)C3)cc1F. The van der Waals surface area contributed by atoms with Gasteiger partial charge < -0.3 is 57.8 Å². The highest BCUT2D eigenvalue weighted by atomic mass is 35.5. The third-order valence-corrected chi connectivity index (χ3v) is 28.8.